The number of hydrogen-bond acceptors (Lipinski definition) is 4. The van der Waals surface area contributed by atoms with Gasteiger partial charge in [-0.05, 0) is 65.5 Å². The summed E-state index contributed by atoms with van der Waals surface area (Å²) in [4.78, 5) is 22.8. The molecule has 0 heterocycles. The molecular formula is C17H17BrN2O4. The number of anilines is 1. The van der Waals surface area contributed by atoms with E-state index in [9.17, 15) is 14.9 Å². The van der Waals surface area contributed by atoms with Gasteiger partial charge in [-0.3, -0.25) is 14.9 Å². The van der Waals surface area contributed by atoms with Gasteiger partial charge < -0.3 is 10.1 Å². The minimum atomic E-state index is -0.514. The fourth-order valence-corrected chi connectivity index (χ4v) is 2.76. The van der Waals surface area contributed by atoms with Gasteiger partial charge in [0.2, 0.25) is 0 Å². The minimum Gasteiger partial charge on any atom is -0.483 e. The van der Waals surface area contributed by atoms with Crippen LogP contribution in [0, 0.1) is 30.9 Å². The van der Waals surface area contributed by atoms with E-state index in [-0.39, 0.29) is 18.0 Å². The number of benzene rings is 2. The summed E-state index contributed by atoms with van der Waals surface area (Å²) in [5.74, 6) is 0.0745. The second kappa shape index (κ2) is 7.44. The quantitative estimate of drug-likeness (QED) is 0.607. The van der Waals surface area contributed by atoms with Crippen molar-refractivity contribution in [3.05, 3.63) is 61.6 Å². The molecular weight excluding hydrogens is 376 g/mol. The predicted molar refractivity (Wildman–Crippen MR) is 95.6 cm³/mol. The first kappa shape index (κ1) is 17.9. The number of halogens is 1. The lowest BCUT2D eigenvalue weighted by Crippen LogP contribution is -2.21. The highest BCUT2D eigenvalue weighted by Crippen LogP contribution is 2.30. The molecule has 0 aliphatic heterocycles. The number of hydrogen-bond donors (Lipinski definition) is 1. The van der Waals surface area contributed by atoms with E-state index < -0.39 is 10.8 Å². The van der Waals surface area contributed by atoms with Gasteiger partial charge in [0.1, 0.15) is 11.4 Å². The van der Waals surface area contributed by atoms with Crippen molar-refractivity contribution in [2.75, 3.05) is 11.9 Å². The summed E-state index contributed by atoms with van der Waals surface area (Å²) in [5.41, 5.74) is 2.65. The Labute approximate surface area is 148 Å². The first-order valence-corrected chi connectivity index (χ1v) is 8.02. The molecule has 0 bridgehead atoms. The molecule has 0 atom stereocenters. The topological polar surface area (TPSA) is 81.5 Å². The standard InChI is InChI=1S/C17H17BrN2O4/c1-10-4-7-15(13(18)8-10)24-9-16(21)19-17-12(3)11(2)5-6-14(17)20(22)23/h4-8H,9H2,1-3H3,(H,19,21). The van der Waals surface area contributed by atoms with Gasteiger partial charge in [-0.15, -0.1) is 0 Å². The van der Waals surface area contributed by atoms with Gasteiger partial charge >= 0.3 is 0 Å². The molecule has 0 spiro atoms. The number of nitro groups is 1. The zero-order valence-corrected chi connectivity index (χ0v) is 15.1. The number of carbonyl (C=O) groups is 1. The molecule has 126 valence electrons. The number of nitro benzene ring substituents is 1. The maximum atomic E-state index is 12.1. The molecule has 24 heavy (non-hydrogen) atoms. The van der Waals surface area contributed by atoms with Crippen molar-refractivity contribution in [2.24, 2.45) is 0 Å². The van der Waals surface area contributed by atoms with Crippen molar-refractivity contribution in [3.63, 3.8) is 0 Å². The smallest absolute Gasteiger partial charge is 0.293 e. The van der Waals surface area contributed by atoms with Crippen molar-refractivity contribution in [1.29, 1.82) is 0 Å². The summed E-state index contributed by atoms with van der Waals surface area (Å²) in [7, 11) is 0. The predicted octanol–water partition coefficient (Wildman–Crippen LogP) is 4.30. The van der Waals surface area contributed by atoms with Gasteiger partial charge in [0.25, 0.3) is 11.6 Å². The summed E-state index contributed by atoms with van der Waals surface area (Å²) in [6, 6.07) is 8.54. The van der Waals surface area contributed by atoms with Crippen molar-refractivity contribution in [2.45, 2.75) is 20.8 Å². The van der Waals surface area contributed by atoms with E-state index in [0.717, 1.165) is 15.6 Å². The van der Waals surface area contributed by atoms with Gasteiger partial charge in [-0.25, -0.2) is 0 Å². The van der Waals surface area contributed by atoms with Crippen LogP contribution in [0.15, 0.2) is 34.8 Å². The highest BCUT2D eigenvalue weighted by molar-refractivity contribution is 9.10. The number of carbonyl (C=O) groups excluding carboxylic acids is 1. The van der Waals surface area contributed by atoms with Gasteiger partial charge in [-0.2, -0.15) is 0 Å². The monoisotopic (exact) mass is 392 g/mol. The molecule has 0 aromatic heterocycles. The molecule has 7 heteroatoms. The van der Waals surface area contributed by atoms with Crippen molar-refractivity contribution < 1.29 is 14.5 Å². The van der Waals surface area contributed by atoms with Crippen LogP contribution in [0.3, 0.4) is 0 Å². The fraction of sp³-hybridized carbons (Fsp3) is 0.235. The van der Waals surface area contributed by atoms with Crippen LogP contribution in [0.1, 0.15) is 16.7 Å². The maximum Gasteiger partial charge on any atom is 0.293 e. The van der Waals surface area contributed by atoms with Gasteiger partial charge in [-0.1, -0.05) is 12.1 Å². The third-order valence-corrected chi connectivity index (χ3v) is 4.24. The molecule has 0 saturated heterocycles. The largest absolute Gasteiger partial charge is 0.483 e. The SMILES string of the molecule is Cc1ccc(OCC(=O)Nc2c([N+](=O)[O-])ccc(C)c2C)c(Br)c1. The number of nitrogens with one attached hydrogen (secondary N) is 1. The molecule has 6 nitrogen and oxygen atoms in total. The number of nitrogens with zero attached hydrogens (tertiary/aromatic N) is 1. The van der Waals surface area contributed by atoms with E-state index in [0.29, 0.717) is 11.3 Å². The van der Waals surface area contributed by atoms with Crippen LogP contribution < -0.4 is 10.1 Å². The Bertz CT molecular complexity index is 805. The average Bonchev–Trinajstić information content (AvgIpc) is 2.50. The summed E-state index contributed by atoms with van der Waals surface area (Å²) in [6.07, 6.45) is 0. The van der Waals surface area contributed by atoms with Crippen molar-refractivity contribution in [1.82, 2.24) is 0 Å². The van der Waals surface area contributed by atoms with Crippen LogP contribution in [-0.4, -0.2) is 17.4 Å². The maximum absolute atomic E-state index is 12.1. The Morgan fingerprint density at radius 1 is 1.25 bits per heavy atom. The Hall–Kier alpha value is -2.41. The molecule has 0 radical (unpaired) electrons. The average molecular weight is 393 g/mol. The molecule has 0 fully saturated rings. The molecule has 1 N–H and O–H groups in total. The summed E-state index contributed by atoms with van der Waals surface area (Å²) < 4.78 is 6.21. The first-order chi connectivity index (χ1) is 11.3. The molecule has 2 aromatic carbocycles. The lowest BCUT2D eigenvalue weighted by Gasteiger charge is -2.12. The van der Waals surface area contributed by atoms with Crippen molar-refractivity contribution in [3.8, 4) is 5.75 Å². The number of rotatable bonds is 5. The molecule has 0 aliphatic rings. The third kappa shape index (κ3) is 4.11. The zero-order valence-electron chi connectivity index (χ0n) is 13.6. The van der Waals surface area contributed by atoms with E-state index in [1.165, 1.54) is 6.07 Å². The molecule has 2 aromatic rings. The van der Waals surface area contributed by atoms with Crippen LogP contribution >= 0.6 is 15.9 Å². The lowest BCUT2D eigenvalue weighted by atomic mass is 10.1. The Balaban J connectivity index is 2.13. The van der Waals surface area contributed by atoms with E-state index in [4.69, 9.17) is 4.74 Å². The summed E-state index contributed by atoms with van der Waals surface area (Å²) >= 11 is 3.37. The van der Waals surface area contributed by atoms with Gasteiger partial charge in [0.15, 0.2) is 6.61 Å². The van der Waals surface area contributed by atoms with Gasteiger partial charge in [0, 0.05) is 6.07 Å². The lowest BCUT2D eigenvalue weighted by molar-refractivity contribution is -0.384. The number of aryl methyl sites for hydroxylation is 2. The van der Waals surface area contributed by atoms with Gasteiger partial charge in [0.05, 0.1) is 9.40 Å². The zero-order chi connectivity index (χ0) is 17.9. The normalized spacial score (nSPS) is 10.3. The molecule has 2 rings (SSSR count). The Morgan fingerprint density at radius 2 is 1.96 bits per heavy atom. The van der Waals surface area contributed by atoms with Crippen LogP contribution in [0.25, 0.3) is 0 Å². The third-order valence-electron chi connectivity index (χ3n) is 3.62. The first-order valence-electron chi connectivity index (χ1n) is 7.23. The minimum absolute atomic E-state index is 0.136. The Morgan fingerprint density at radius 3 is 2.58 bits per heavy atom. The Kier molecular flexibility index (Phi) is 5.56. The molecule has 0 aliphatic carbocycles. The second-order valence-corrected chi connectivity index (χ2v) is 6.28. The number of amides is 1. The van der Waals surface area contributed by atoms with Crippen LogP contribution in [0.5, 0.6) is 5.75 Å². The van der Waals surface area contributed by atoms with Crippen molar-refractivity contribution >= 4 is 33.2 Å². The van der Waals surface area contributed by atoms with Crippen LogP contribution in [0.2, 0.25) is 0 Å². The fourth-order valence-electron chi connectivity index (χ4n) is 2.15. The van der Waals surface area contributed by atoms with Crippen LogP contribution in [-0.2, 0) is 4.79 Å². The van der Waals surface area contributed by atoms with Crippen LogP contribution in [0.4, 0.5) is 11.4 Å². The molecule has 0 saturated carbocycles. The molecule has 1 amide bonds. The highest BCUT2D eigenvalue weighted by atomic mass is 79.9. The van der Waals surface area contributed by atoms with E-state index in [1.807, 2.05) is 26.0 Å². The van der Waals surface area contributed by atoms with E-state index in [2.05, 4.69) is 21.2 Å². The molecule has 0 unspecified atom stereocenters. The van der Waals surface area contributed by atoms with E-state index in [1.54, 1.807) is 19.1 Å². The summed E-state index contributed by atoms with van der Waals surface area (Å²) in [5, 5.41) is 13.7. The highest BCUT2D eigenvalue weighted by Gasteiger charge is 2.19. The summed E-state index contributed by atoms with van der Waals surface area (Å²) in [6.45, 7) is 5.26. The van der Waals surface area contributed by atoms with E-state index >= 15 is 0 Å². The number of ether oxygens (including phenoxy) is 1. The second-order valence-electron chi connectivity index (χ2n) is 5.43.